The summed E-state index contributed by atoms with van der Waals surface area (Å²) in [5.74, 6) is 0.552. The number of piperidine rings is 1. The lowest BCUT2D eigenvalue weighted by atomic mass is 9.91. The van der Waals surface area contributed by atoms with Crippen molar-refractivity contribution in [2.24, 2.45) is 0 Å². The molecule has 0 saturated carbocycles. The average molecular weight is 318 g/mol. The number of oxazole rings is 1. The van der Waals surface area contributed by atoms with Gasteiger partial charge in [-0.25, -0.2) is 9.78 Å². The predicted octanol–water partition coefficient (Wildman–Crippen LogP) is 1.87. The molecule has 1 N–H and O–H groups in total. The van der Waals surface area contributed by atoms with Crippen molar-refractivity contribution in [3.8, 4) is 0 Å². The van der Waals surface area contributed by atoms with Crippen LogP contribution in [0.25, 0.3) is 0 Å². The quantitative estimate of drug-likeness (QED) is 0.848. The zero-order valence-corrected chi connectivity index (χ0v) is 13.5. The fourth-order valence-corrected chi connectivity index (χ4v) is 2.96. The van der Waals surface area contributed by atoms with E-state index >= 15 is 0 Å². The first-order valence-electron chi connectivity index (χ1n) is 8.03. The lowest BCUT2D eigenvalue weighted by Gasteiger charge is -2.22. The summed E-state index contributed by atoms with van der Waals surface area (Å²) in [6.45, 7) is 6.67. The standard InChI is InChI=1S/C16H22N4O3/c1-3-22-16(21)14-10-23-15(19-14)9-20-11(2)13(8-18-20)12-4-6-17-7-5-12/h8,10,12,17H,3-7,9H2,1-2H3. The van der Waals surface area contributed by atoms with E-state index in [0.29, 0.717) is 25.0 Å². The van der Waals surface area contributed by atoms with Gasteiger partial charge in [0.25, 0.3) is 0 Å². The van der Waals surface area contributed by atoms with Crippen LogP contribution in [0.5, 0.6) is 0 Å². The van der Waals surface area contributed by atoms with E-state index in [1.807, 2.05) is 10.9 Å². The van der Waals surface area contributed by atoms with Gasteiger partial charge in [0.2, 0.25) is 5.89 Å². The largest absolute Gasteiger partial charge is 0.461 e. The summed E-state index contributed by atoms with van der Waals surface area (Å²) in [5, 5.41) is 7.83. The SMILES string of the molecule is CCOC(=O)c1coc(Cn2ncc(C3CCNCC3)c2C)n1. The van der Waals surface area contributed by atoms with Crippen molar-refractivity contribution in [1.29, 1.82) is 0 Å². The van der Waals surface area contributed by atoms with E-state index in [0.717, 1.165) is 31.6 Å². The molecule has 23 heavy (non-hydrogen) atoms. The lowest BCUT2D eigenvalue weighted by molar-refractivity contribution is 0.0519. The summed E-state index contributed by atoms with van der Waals surface area (Å²) in [6, 6.07) is 0. The molecule has 0 bridgehead atoms. The first kappa shape index (κ1) is 15.7. The lowest BCUT2D eigenvalue weighted by Crippen LogP contribution is -2.26. The number of nitrogens with one attached hydrogen (secondary N) is 1. The summed E-state index contributed by atoms with van der Waals surface area (Å²) in [6.07, 6.45) is 5.55. The Hall–Kier alpha value is -2.15. The molecule has 1 aliphatic rings. The molecule has 7 heteroatoms. The van der Waals surface area contributed by atoms with Crippen molar-refractivity contribution in [3.63, 3.8) is 0 Å². The van der Waals surface area contributed by atoms with Crippen LogP contribution in [0.4, 0.5) is 0 Å². The molecule has 1 fully saturated rings. The molecule has 7 nitrogen and oxygen atoms in total. The van der Waals surface area contributed by atoms with Crippen molar-refractivity contribution in [2.75, 3.05) is 19.7 Å². The second-order valence-electron chi connectivity index (χ2n) is 5.71. The second-order valence-corrected chi connectivity index (χ2v) is 5.71. The molecule has 3 rings (SSSR count). The Balaban J connectivity index is 1.71. The second kappa shape index (κ2) is 6.95. The molecule has 0 aliphatic carbocycles. The minimum absolute atomic E-state index is 0.199. The number of hydrogen-bond donors (Lipinski definition) is 1. The number of nitrogens with zero attached hydrogens (tertiary/aromatic N) is 3. The Labute approximate surface area is 135 Å². The van der Waals surface area contributed by atoms with E-state index in [9.17, 15) is 4.79 Å². The third kappa shape index (κ3) is 3.44. The van der Waals surface area contributed by atoms with Crippen LogP contribution >= 0.6 is 0 Å². The first-order valence-corrected chi connectivity index (χ1v) is 8.03. The zero-order valence-electron chi connectivity index (χ0n) is 13.5. The summed E-state index contributed by atoms with van der Waals surface area (Å²) < 4.78 is 12.1. The summed E-state index contributed by atoms with van der Waals surface area (Å²) in [7, 11) is 0. The third-order valence-electron chi connectivity index (χ3n) is 4.24. The molecule has 2 aromatic heterocycles. The van der Waals surface area contributed by atoms with Gasteiger partial charge >= 0.3 is 5.97 Å². The Morgan fingerprint density at radius 3 is 3.00 bits per heavy atom. The number of carbonyl (C=O) groups excluding carboxylic acids is 1. The Morgan fingerprint density at radius 1 is 1.48 bits per heavy atom. The Morgan fingerprint density at radius 2 is 2.26 bits per heavy atom. The van der Waals surface area contributed by atoms with Gasteiger partial charge in [-0.05, 0) is 51.3 Å². The smallest absolute Gasteiger partial charge is 0.360 e. The van der Waals surface area contributed by atoms with Crippen LogP contribution in [0.15, 0.2) is 16.9 Å². The van der Waals surface area contributed by atoms with Crippen LogP contribution in [-0.2, 0) is 11.3 Å². The van der Waals surface area contributed by atoms with Gasteiger partial charge in [0.1, 0.15) is 12.8 Å². The number of esters is 1. The Kier molecular flexibility index (Phi) is 4.76. The highest BCUT2D eigenvalue weighted by Gasteiger charge is 2.21. The van der Waals surface area contributed by atoms with Gasteiger partial charge in [0, 0.05) is 5.69 Å². The van der Waals surface area contributed by atoms with Crippen LogP contribution < -0.4 is 5.32 Å². The molecular weight excluding hydrogens is 296 g/mol. The first-order chi connectivity index (χ1) is 11.2. The van der Waals surface area contributed by atoms with Crippen LogP contribution in [-0.4, -0.2) is 40.4 Å². The van der Waals surface area contributed by atoms with Crippen LogP contribution in [0.1, 0.15) is 53.3 Å². The van der Waals surface area contributed by atoms with E-state index in [4.69, 9.17) is 9.15 Å². The van der Waals surface area contributed by atoms with E-state index in [-0.39, 0.29) is 5.69 Å². The third-order valence-corrected chi connectivity index (χ3v) is 4.24. The fourth-order valence-electron chi connectivity index (χ4n) is 2.96. The molecular formula is C16H22N4O3. The molecule has 0 aromatic carbocycles. The highest BCUT2D eigenvalue weighted by atomic mass is 16.5. The number of hydrogen-bond acceptors (Lipinski definition) is 6. The van der Waals surface area contributed by atoms with Gasteiger partial charge < -0.3 is 14.5 Å². The van der Waals surface area contributed by atoms with E-state index in [1.165, 1.54) is 11.8 Å². The van der Waals surface area contributed by atoms with Crippen molar-refractivity contribution >= 4 is 5.97 Å². The molecule has 1 saturated heterocycles. The number of carbonyl (C=O) groups is 1. The van der Waals surface area contributed by atoms with E-state index in [2.05, 4.69) is 22.3 Å². The molecule has 0 unspecified atom stereocenters. The van der Waals surface area contributed by atoms with Gasteiger partial charge in [-0.15, -0.1) is 0 Å². The molecule has 3 heterocycles. The molecule has 0 radical (unpaired) electrons. The van der Waals surface area contributed by atoms with Crippen molar-refractivity contribution in [1.82, 2.24) is 20.1 Å². The van der Waals surface area contributed by atoms with E-state index in [1.54, 1.807) is 6.92 Å². The van der Waals surface area contributed by atoms with Gasteiger partial charge in [-0.3, -0.25) is 4.68 Å². The Bertz CT molecular complexity index is 671. The number of aromatic nitrogens is 3. The predicted molar refractivity (Wildman–Crippen MR) is 83.4 cm³/mol. The summed E-state index contributed by atoms with van der Waals surface area (Å²) in [5.41, 5.74) is 2.63. The van der Waals surface area contributed by atoms with Crippen LogP contribution in [0.2, 0.25) is 0 Å². The molecule has 0 atom stereocenters. The maximum atomic E-state index is 11.6. The summed E-state index contributed by atoms with van der Waals surface area (Å²) in [4.78, 5) is 15.8. The van der Waals surface area contributed by atoms with Crippen molar-refractivity contribution in [2.45, 2.75) is 39.2 Å². The number of ether oxygens (including phenoxy) is 1. The normalized spacial score (nSPS) is 15.7. The molecule has 0 spiro atoms. The topological polar surface area (TPSA) is 82.2 Å². The monoisotopic (exact) mass is 318 g/mol. The highest BCUT2D eigenvalue weighted by Crippen LogP contribution is 2.27. The van der Waals surface area contributed by atoms with Gasteiger partial charge in [-0.1, -0.05) is 0 Å². The maximum absolute atomic E-state index is 11.6. The molecule has 2 aromatic rings. The minimum atomic E-state index is -0.463. The summed E-state index contributed by atoms with van der Waals surface area (Å²) >= 11 is 0. The van der Waals surface area contributed by atoms with Crippen molar-refractivity contribution in [3.05, 3.63) is 35.3 Å². The minimum Gasteiger partial charge on any atom is -0.461 e. The molecule has 1 aliphatic heterocycles. The molecule has 0 amide bonds. The van der Waals surface area contributed by atoms with Crippen LogP contribution in [0, 0.1) is 6.92 Å². The number of rotatable bonds is 5. The van der Waals surface area contributed by atoms with Crippen LogP contribution in [0.3, 0.4) is 0 Å². The van der Waals surface area contributed by atoms with Gasteiger partial charge in [-0.2, -0.15) is 5.10 Å². The fraction of sp³-hybridized carbons (Fsp3) is 0.562. The zero-order chi connectivity index (χ0) is 16.2. The maximum Gasteiger partial charge on any atom is 0.360 e. The molecule has 124 valence electrons. The van der Waals surface area contributed by atoms with Gasteiger partial charge in [0.05, 0.1) is 12.8 Å². The average Bonchev–Trinajstić information content (AvgIpc) is 3.17. The van der Waals surface area contributed by atoms with Gasteiger partial charge in [0.15, 0.2) is 5.69 Å². The highest BCUT2D eigenvalue weighted by molar-refractivity contribution is 5.86. The van der Waals surface area contributed by atoms with E-state index < -0.39 is 5.97 Å². The van der Waals surface area contributed by atoms with Crippen molar-refractivity contribution < 1.29 is 13.9 Å².